The van der Waals surface area contributed by atoms with Crippen LogP contribution in [0.2, 0.25) is 5.02 Å². The number of nitrogens with one attached hydrogen (secondary N) is 1. The SMILES string of the molecule is CC(C)n1c(=O)nc(Nc2ccc3c(c2)C=CC3)n(Cc2ccc(Cl)cn2)c1=O. The van der Waals surface area contributed by atoms with Crippen molar-refractivity contribution < 1.29 is 0 Å². The van der Waals surface area contributed by atoms with Crippen molar-refractivity contribution in [1.82, 2.24) is 19.1 Å². The fraction of sp³-hybridized carbons (Fsp3) is 0.238. The second-order valence-corrected chi connectivity index (χ2v) is 7.60. The molecule has 148 valence electrons. The van der Waals surface area contributed by atoms with Crippen LogP contribution in [-0.2, 0) is 13.0 Å². The first-order valence-electron chi connectivity index (χ1n) is 9.32. The third kappa shape index (κ3) is 3.86. The van der Waals surface area contributed by atoms with E-state index in [0.29, 0.717) is 10.7 Å². The van der Waals surface area contributed by atoms with E-state index in [1.807, 2.05) is 18.2 Å². The molecule has 7 nitrogen and oxygen atoms in total. The van der Waals surface area contributed by atoms with Gasteiger partial charge in [-0.25, -0.2) is 14.2 Å². The largest absolute Gasteiger partial charge is 0.355 e. The number of hydrogen-bond acceptors (Lipinski definition) is 5. The maximum atomic E-state index is 13.1. The zero-order valence-corrected chi connectivity index (χ0v) is 16.8. The van der Waals surface area contributed by atoms with Crippen molar-refractivity contribution in [1.29, 1.82) is 0 Å². The van der Waals surface area contributed by atoms with Gasteiger partial charge < -0.3 is 5.32 Å². The fourth-order valence-electron chi connectivity index (χ4n) is 3.30. The molecule has 8 heteroatoms. The smallest absolute Gasteiger partial charge is 0.325 e. The highest BCUT2D eigenvalue weighted by Gasteiger charge is 2.17. The van der Waals surface area contributed by atoms with Crippen molar-refractivity contribution in [3.05, 3.63) is 85.4 Å². The molecule has 2 aromatic heterocycles. The van der Waals surface area contributed by atoms with Crippen LogP contribution in [0.4, 0.5) is 11.6 Å². The highest BCUT2D eigenvalue weighted by molar-refractivity contribution is 6.30. The van der Waals surface area contributed by atoms with Gasteiger partial charge in [-0.2, -0.15) is 4.98 Å². The highest BCUT2D eigenvalue weighted by Crippen LogP contribution is 2.24. The van der Waals surface area contributed by atoms with Crippen molar-refractivity contribution in [3.8, 4) is 0 Å². The van der Waals surface area contributed by atoms with Gasteiger partial charge in [0.15, 0.2) is 0 Å². The van der Waals surface area contributed by atoms with Crippen LogP contribution in [0.1, 0.15) is 36.7 Å². The average molecular weight is 410 g/mol. The number of aromatic nitrogens is 4. The Bertz CT molecular complexity index is 1210. The molecule has 1 N–H and O–H groups in total. The van der Waals surface area contributed by atoms with Gasteiger partial charge in [0.25, 0.3) is 0 Å². The lowest BCUT2D eigenvalue weighted by Crippen LogP contribution is -2.43. The number of hydrogen-bond donors (Lipinski definition) is 1. The Morgan fingerprint density at radius 1 is 1.21 bits per heavy atom. The van der Waals surface area contributed by atoms with Crippen molar-refractivity contribution >= 4 is 29.3 Å². The molecular formula is C21H20ClN5O2. The molecule has 0 aliphatic heterocycles. The Hall–Kier alpha value is -3.19. The molecule has 29 heavy (non-hydrogen) atoms. The molecule has 0 saturated heterocycles. The number of rotatable bonds is 5. The Kier molecular flexibility index (Phi) is 5.07. The van der Waals surface area contributed by atoms with Crippen molar-refractivity contribution in [2.75, 3.05) is 5.32 Å². The van der Waals surface area contributed by atoms with Gasteiger partial charge in [-0.05, 0) is 55.7 Å². The van der Waals surface area contributed by atoms with Crippen LogP contribution in [0.25, 0.3) is 6.08 Å². The molecule has 0 fully saturated rings. The van der Waals surface area contributed by atoms with Crippen LogP contribution in [0.3, 0.4) is 0 Å². The molecule has 1 aliphatic rings. The minimum atomic E-state index is -0.589. The maximum absolute atomic E-state index is 13.1. The molecule has 0 unspecified atom stereocenters. The van der Waals surface area contributed by atoms with Gasteiger partial charge >= 0.3 is 11.4 Å². The monoisotopic (exact) mass is 409 g/mol. The van der Waals surface area contributed by atoms with Gasteiger partial charge in [-0.15, -0.1) is 0 Å². The van der Waals surface area contributed by atoms with Gasteiger partial charge in [0.05, 0.1) is 17.3 Å². The molecule has 3 aromatic rings. The number of halogens is 1. The standard InChI is InChI=1S/C21H20ClN5O2/c1-13(2)27-20(28)25-19(24-17-8-6-14-4-3-5-15(14)10-17)26(21(27)29)12-18-9-7-16(22)11-23-18/h3,5-11,13H,4,12H2,1-2H3,(H,24,25,28). The lowest BCUT2D eigenvalue weighted by atomic mass is 10.1. The summed E-state index contributed by atoms with van der Waals surface area (Å²) in [7, 11) is 0. The number of benzene rings is 1. The zero-order valence-electron chi connectivity index (χ0n) is 16.1. The topological polar surface area (TPSA) is 81.8 Å². The Morgan fingerprint density at radius 2 is 2.03 bits per heavy atom. The molecule has 0 amide bonds. The first-order valence-corrected chi connectivity index (χ1v) is 9.70. The van der Waals surface area contributed by atoms with Crippen molar-refractivity contribution in [2.24, 2.45) is 0 Å². The number of fused-ring (bicyclic) bond motifs is 1. The Morgan fingerprint density at radius 3 is 2.76 bits per heavy atom. The van der Waals surface area contributed by atoms with Crippen LogP contribution in [0.15, 0.2) is 52.2 Å². The van der Waals surface area contributed by atoms with E-state index in [2.05, 4.69) is 27.4 Å². The summed E-state index contributed by atoms with van der Waals surface area (Å²) in [6.07, 6.45) is 6.58. The summed E-state index contributed by atoms with van der Waals surface area (Å²) in [5.41, 5.74) is 2.70. The summed E-state index contributed by atoms with van der Waals surface area (Å²) >= 11 is 5.91. The van der Waals surface area contributed by atoms with E-state index in [9.17, 15) is 9.59 Å². The molecule has 0 bridgehead atoms. The van der Waals surface area contributed by atoms with Crippen LogP contribution in [-0.4, -0.2) is 19.1 Å². The van der Waals surface area contributed by atoms with Gasteiger partial charge in [0.1, 0.15) is 0 Å². The van der Waals surface area contributed by atoms with Gasteiger partial charge in [0.2, 0.25) is 5.95 Å². The number of anilines is 2. The van der Waals surface area contributed by atoms with Gasteiger partial charge in [0, 0.05) is 17.9 Å². The summed E-state index contributed by atoms with van der Waals surface area (Å²) in [5.74, 6) is 0.176. The van der Waals surface area contributed by atoms with Gasteiger partial charge in [-0.3, -0.25) is 9.55 Å². The van der Waals surface area contributed by atoms with Gasteiger partial charge in [-0.1, -0.05) is 29.8 Å². The first kappa shape index (κ1) is 19.1. The molecule has 0 saturated carbocycles. The van der Waals surface area contributed by atoms with E-state index < -0.39 is 11.4 Å². The minimum Gasteiger partial charge on any atom is -0.325 e. The van der Waals surface area contributed by atoms with Crippen LogP contribution in [0.5, 0.6) is 0 Å². The summed E-state index contributed by atoms with van der Waals surface area (Å²) < 4.78 is 2.55. The predicted octanol–water partition coefficient (Wildman–Crippen LogP) is 3.40. The summed E-state index contributed by atoms with van der Waals surface area (Å²) in [6.45, 7) is 3.70. The zero-order chi connectivity index (χ0) is 20.5. The number of pyridine rings is 1. The van der Waals surface area contributed by atoms with Crippen LogP contribution >= 0.6 is 11.6 Å². The quantitative estimate of drug-likeness (QED) is 0.698. The first-order chi connectivity index (χ1) is 13.9. The van der Waals surface area contributed by atoms with E-state index in [1.165, 1.54) is 16.3 Å². The molecule has 1 aliphatic carbocycles. The van der Waals surface area contributed by atoms with Crippen molar-refractivity contribution in [3.63, 3.8) is 0 Å². The summed E-state index contributed by atoms with van der Waals surface area (Å²) in [4.78, 5) is 34.0. The molecular weight excluding hydrogens is 390 g/mol. The minimum absolute atomic E-state index is 0.156. The van der Waals surface area contributed by atoms with Crippen molar-refractivity contribution in [2.45, 2.75) is 32.9 Å². The van der Waals surface area contributed by atoms with Crippen LogP contribution < -0.4 is 16.7 Å². The normalized spacial score (nSPS) is 12.4. The number of nitrogens with zero attached hydrogens (tertiary/aromatic N) is 4. The van der Waals surface area contributed by atoms with Crippen LogP contribution in [0, 0.1) is 0 Å². The van der Waals surface area contributed by atoms with E-state index >= 15 is 0 Å². The molecule has 0 spiro atoms. The molecule has 0 atom stereocenters. The lowest BCUT2D eigenvalue weighted by molar-refractivity contribution is 0.495. The molecule has 0 radical (unpaired) electrons. The maximum Gasteiger partial charge on any atom is 0.355 e. The predicted molar refractivity (Wildman–Crippen MR) is 114 cm³/mol. The second kappa shape index (κ2) is 7.67. The third-order valence-corrected chi connectivity index (χ3v) is 4.99. The fourth-order valence-corrected chi connectivity index (χ4v) is 3.42. The third-order valence-electron chi connectivity index (χ3n) is 4.76. The summed E-state index contributed by atoms with van der Waals surface area (Å²) in [6, 6.07) is 9.05. The lowest BCUT2D eigenvalue weighted by Gasteiger charge is -2.17. The highest BCUT2D eigenvalue weighted by atomic mass is 35.5. The molecule has 1 aromatic carbocycles. The van der Waals surface area contributed by atoms with E-state index in [1.54, 1.807) is 26.0 Å². The average Bonchev–Trinajstić information content (AvgIpc) is 3.14. The van der Waals surface area contributed by atoms with E-state index in [0.717, 1.165) is 22.2 Å². The van der Waals surface area contributed by atoms with E-state index in [-0.39, 0.29) is 18.5 Å². The molecule has 2 heterocycles. The molecule has 4 rings (SSSR count). The summed E-state index contributed by atoms with van der Waals surface area (Å²) in [5, 5.41) is 3.64. The Labute approximate surface area is 172 Å². The Balaban J connectivity index is 1.79. The van der Waals surface area contributed by atoms with E-state index in [4.69, 9.17) is 11.6 Å². The second-order valence-electron chi connectivity index (χ2n) is 7.16. The number of allylic oxidation sites excluding steroid dienone is 1.